The molecule has 96 valence electrons. The smallest absolute Gasteiger partial charge is 0.258 e. The van der Waals surface area contributed by atoms with Gasteiger partial charge in [-0.1, -0.05) is 11.6 Å². The molecular weight excluding hydrogens is 275 g/mol. The topological polar surface area (TPSA) is 52.9 Å². The van der Waals surface area contributed by atoms with E-state index in [-0.39, 0.29) is 23.6 Å². The van der Waals surface area contributed by atoms with E-state index in [2.05, 4.69) is 5.10 Å². The average molecular weight is 287 g/mol. The van der Waals surface area contributed by atoms with Crippen LogP contribution in [0.3, 0.4) is 0 Å². The molecule has 1 atom stereocenters. The van der Waals surface area contributed by atoms with Gasteiger partial charge in [0.1, 0.15) is 11.6 Å². The summed E-state index contributed by atoms with van der Waals surface area (Å²) < 4.78 is 0. The molecule has 0 spiro atoms. The van der Waals surface area contributed by atoms with E-state index in [1.165, 1.54) is 11.1 Å². The Bertz CT molecular complexity index is 517. The summed E-state index contributed by atoms with van der Waals surface area (Å²) in [6, 6.07) is 4.41. The van der Waals surface area contributed by atoms with Gasteiger partial charge in [-0.15, -0.1) is 11.6 Å². The highest BCUT2D eigenvalue weighted by molar-refractivity contribution is 6.30. The quantitative estimate of drug-likeness (QED) is 0.850. The summed E-state index contributed by atoms with van der Waals surface area (Å²) in [7, 11) is 0. The number of phenolic OH excluding ortho intramolecular Hbond substituents is 1. The number of halogens is 2. The van der Waals surface area contributed by atoms with Crippen molar-refractivity contribution in [1.82, 2.24) is 5.01 Å². The Kier molecular flexibility index (Phi) is 3.78. The van der Waals surface area contributed by atoms with Crippen molar-refractivity contribution < 1.29 is 9.90 Å². The van der Waals surface area contributed by atoms with Crippen LogP contribution < -0.4 is 0 Å². The molecule has 0 aliphatic carbocycles. The Hall–Kier alpha value is -1.26. The van der Waals surface area contributed by atoms with Crippen LogP contribution in [0.25, 0.3) is 0 Å². The van der Waals surface area contributed by atoms with Crippen LogP contribution >= 0.6 is 23.2 Å². The largest absolute Gasteiger partial charge is 0.508 e. The lowest BCUT2D eigenvalue weighted by molar-refractivity contribution is -0.130. The van der Waals surface area contributed by atoms with Gasteiger partial charge in [0.15, 0.2) is 0 Å². The Balaban J connectivity index is 2.38. The van der Waals surface area contributed by atoms with Crippen molar-refractivity contribution >= 4 is 34.8 Å². The molecule has 1 amide bonds. The van der Waals surface area contributed by atoms with Gasteiger partial charge in [-0.05, 0) is 25.1 Å². The third kappa shape index (κ3) is 2.44. The summed E-state index contributed by atoms with van der Waals surface area (Å²) in [5.41, 5.74) is 1.40. The van der Waals surface area contributed by atoms with Crippen LogP contribution in [0.5, 0.6) is 5.75 Å². The number of benzene rings is 1. The molecule has 1 unspecified atom stereocenters. The number of alkyl halides is 1. The maximum atomic E-state index is 11.7. The first kappa shape index (κ1) is 13.2. The molecule has 0 radical (unpaired) electrons. The van der Waals surface area contributed by atoms with Gasteiger partial charge in [-0.25, -0.2) is 5.01 Å². The molecular formula is C12H12Cl2N2O2. The fourth-order valence-electron chi connectivity index (χ4n) is 1.99. The van der Waals surface area contributed by atoms with Crippen molar-refractivity contribution in [2.45, 2.75) is 19.4 Å². The molecule has 2 rings (SSSR count). The van der Waals surface area contributed by atoms with Crippen LogP contribution in [-0.2, 0) is 4.79 Å². The second-order valence-electron chi connectivity index (χ2n) is 4.13. The van der Waals surface area contributed by atoms with E-state index < -0.39 is 0 Å². The van der Waals surface area contributed by atoms with Gasteiger partial charge in [0, 0.05) is 22.7 Å². The highest BCUT2D eigenvalue weighted by Gasteiger charge is 2.32. The Morgan fingerprint density at radius 1 is 1.61 bits per heavy atom. The van der Waals surface area contributed by atoms with Gasteiger partial charge >= 0.3 is 0 Å². The molecule has 0 saturated heterocycles. The third-order valence-corrected chi connectivity index (χ3v) is 3.24. The summed E-state index contributed by atoms with van der Waals surface area (Å²) in [5.74, 6) is -0.339. The van der Waals surface area contributed by atoms with Crippen molar-refractivity contribution in [1.29, 1.82) is 0 Å². The third-order valence-electron chi connectivity index (χ3n) is 2.78. The Labute approximate surface area is 115 Å². The standard InChI is InChI=1S/C12H12Cl2N2O2/c1-7-4-10(16(15-7)12(18)6-13)9-5-8(14)2-3-11(9)17/h2-3,5,10,17H,4,6H2,1H3. The van der Waals surface area contributed by atoms with E-state index in [4.69, 9.17) is 23.2 Å². The van der Waals surface area contributed by atoms with E-state index in [0.717, 1.165) is 5.71 Å². The minimum absolute atomic E-state index is 0.0988. The monoisotopic (exact) mass is 286 g/mol. The zero-order valence-electron chi connectivity index (χ0n) is 9.73. The van der Waals surface area contributed by atoms with Crippen LogP contribution in [-0.4, -0.2) is 27.6 Å². The molecule has 0 saturated carbocycles. The lowest BCUT2D eigenvalue weighted by Crippen LogP contribution is -2.28. The highest BCUT2D eigenvalue weighted by atomic mass is 35.5. The van der Waals surface area contributed by atoms with Gasteiger partial charge in [-0.2, -0.15) is 5.10 Å². The van der Waals surface area contributed by atoms with Gasteiger partial charge in [0.25, 0.3) is 5.91 Å². The summed E-state index contributed by atoms with van der Waals surface area (Å²) in [5, 5.41) is 15.8. The van der Waals surface area contributed by atoms with Gasteiger partial charge in [0.2, 0.25) is 0 Å². The molecule has 1 N–H and O–H groups in total. The second-order valence-corrected chi connectivity index (χ2v) is 4.83. The zero-order valence-corrected chi connectivity index (χ0v) is 11.2. The molecule has 0 bridgehead atoms. The Morgan fingerprint density at radius 2 is 2.33 bits per heavy atom. The predicted molar refractivity (Wildman–Crippen MR) is 71.1 cm³/mol. The number of hydrazone groups is 1. The average Bonchev–Trinajstić information content (AvgIpc) is 2.73. The van der Waals surface area contributed by atoms with Crippen molar-refractivity contribution in [3.63, 3.8) is 0 Å². The fraction of sp³-hybridized carbons (Fsp3) is 0.333. The number of carbonyl (C=O) groups is 1. The van der Waals surface area contributed by atoms with Crippen LogP contribution in [0.1, 0.15) is 24.9 Å². The van der Waals surface area contributed by atoms with Crippen LogP contribution in [0, 0.1) is 0 Å². The molecule has 1 aliphatic rings. The van der Waals surface area contributed by atoms with E-state index in [0.29, 0.717) is 17.0 Å². The molecule has 0 fully saturated rings. The lowest BCUT2D eigenvalue weighted by Gasteiger charge is -2.22. The number of aromatic hydroxyl groups is 1. The summed E-state index contributed by atoms with van der Waals surface area (Å²) >= 11 is 11.5. The molecule has 1 aromatic carbocycles. The predicted octanol–water partition coefficient (Wildman–Crippen LogP) is 2.93. The first-order valence-electron chi connectivity index (χ1n) is 5.43. The second kappa shape index (κ2) is 5.16. The number of amides is 1. The van der Waals surface area contributed by atoms with Crippen LogP contribution in [0.4, 0.5) is 0 Å². The molecule has 0 aromatic heterocycles. The minimum atomic E-state index is -0.338. The number of rotatable bonds is 2. The van der Waals surface area contributed by atoms with Crippen molar-refractivity contribution in [2.24, 2.45) is 5.10 Å². The van der Waals surface area contributed by atoms with E-state index in [1.807, 2.05) is 6.92 Å². The molecule has 1 aromatic rings. The van der Waals surface area contributed by atoms with Crippen molar-refractivity contribution in [3.05, 3.63) is 28.8 Å². The zero-order chi connectivity index (χ0) is 13.3. The van der Waals surface area contributed by atoms with Gasteiger partial charge in [-0.3, -0.25) is 4.79 Å². The number of nitrogens with zero attached hydrogens (tertiary/aromatic N) is 2. The highest BCUT2D eigenvalue weighted by Crippen LogP contribution is 2.37. The summed E-state index contributed by atoms with van der Waals surface area (Å²) in [6.45, 7) is 1.83. The number of carbonyl (C=O) groups excluding carboxylic acids is 1. The summed E-state index contributed by atoms with van der Waals surface area (Å²) in [4.78, 5) is 11.7. The van der Waals surface area contributed by atoms with Gasteiger partial charge < -0.3 is 5.11 Å². The van der Waals surface area contributed by atoms with E-state index in [9.17, 15) is 9.90 Å². The number of hydrogen-bond donors (Lipinski definition) is 1. The number of hydrogen-bond acceptors (Lipinski definition) is 3. The first-order valence-corrected chi connectivity index (χ1v) is 6.34. The van der Waals surface area contributed by atoms with E-state index in [1.54, 1.807) is 12.1 Å². The van der Waals surface area contributed by atoms with Crippen molar-refractivity contribution in [3.8, 4) is 5.75 Å². The minimum Gasteiger partial charge on any atom is -0.508 e. The van der Waals surface area contributed by atoms with E-state index >= 15 is 0 Å². The normalized spacial score (nSPS) is 18.9. The maximum absolute atomic E-state index is 11.7. The molecule has 4 nitrogen and oxygen atoms in total. The molecule has 1 heterocycles. The molecule has 6 heteroatoms. The van der Waals surface area contributed by atoms with Crippen LogP contribution in [0.2, 0.25) is 5.02 Å². The maximum Gasteiger partial charge on any atom is 0.258 e. The summed E-state index contributed by atoms with van der Waals surface area (Å²) in [6.07, 6.45) is 0.566. The fourth-order valence-corrected chi connectivity index (χ4v) is 2.29. The van der Waals surface area contributed by atoms with Gasteiger partial charge in [0.05, 0.1) is 6.04 Å². The van der Waals surface area contributed by atoms with Crippen molar-refractivity contribution in [2.75, 3.05) is 5.88 Å². The van der Waals surface area contributed by atoms with Crippen LogP contribution in [0.15, 0.2) is 23.3 Å². The Morgan fingerprint density at radius 3 is 3.00 bits per heavy atom. The number of phenols is 1. The lowest BCUT2D eigenvalue weighted by atomic mass is 10.0. The SMILES string of the molecule is CC1=NN(C(=O)CCl)C(c2cc(Cl)ccc2O)C1. The molecule has 18 heavy (non-hydrogen) atoms. The first-order chi connectivity index (χ1) is 8.52. The molecule has 1 aliphatic heterocycles.